The molecule has 0 spiro atoms. The topological polar surface area (TPSA) is 32.3 Å². The fourth-order valence-corrected chi connectivity index (χ4v) is 3.08. The third-order valence-electron chi connectivity index (χ3n) is 4.06. The molecule has 1 unspecified atom stereocenters. The van der Waals surface area contributed by atoms with E-state index >= 15 is 0 Å². The van der Waals surface area contributed by atoms with Crippen molar-refractivity contribution in [2.24, 2.45) is 0 Å². The van der Waals surface area contributed by atoms with Crippen molar-refractivity contribution in [2.45, 2.75) is 45.6 Å². The molecule has 0 aromatic heterocycles. The summed E-state index contributed by atoms with van der Waals surface area (Å²) in [4.78, 5) is 14.7. The molecule has 2 rings (SSSR count). The maximum Gasteiger partial charge on any atom is 0.255 e. The van der Waals surface area contributed by atoms with Crippen LogP contribution in [0.25, 0.3) is 0 Å². The number of amides is 1. The quantitative estimate of drug-likeness (QED) is 0.900. The van der Waals surface area contributed by atoms with Gasteiger partial charge >= 0.3 is 0 Å². The van der Waals surface area contributed by atoms with Crippen LogP contribution in [0.2, 0.25) is 5.02 Å². The molecule has 1 fully saturated rings. The van der Waals surface area contributed by atoms with Gasteiger partial charge in [0.1, 0.15) is 0 Å². The summed E-state index contributed by atoms with van der Waals surface area (Å²) in [6, 6.07) is 6.08. The molecular weight excluding hydrogens is 284 g/mol. The molecule has 0 bridgehead atoms. The van der Waals surface area contributed by atoms with Crippen molar-refractivity contribution in [3.63, 3.8) is 0 Å². The summed E-state index contributed by atoms with van der Waals surface area (Å²) in [5.74, 6) is 0.0536. The van der Waals surface area contributed by atoms with Crippen molar-refractivity contribution < 1.29 is 4.79 Å². The number of nitrogens with zero attached hydrogens (tertiary/aromatic N) is 1. The van der Waals surface area contributed by atoms with E-state index in [0.717, 1.165) is 38.0 Å². The summed E-state index contributed by atoms with van der Waals surface area (Å²) in [6.07, 6.45) is 4.59. The first-order valence-electron chi connectivity index (χ1n) is 7.91. The second-order valence-corrected chi connectivity index (χ2v) is 6.21. The summed E-state index contributed by atoms with van der Waals surface area (Å²) in [5.41, 5.74) is 1.58. The Hall–Kier alpha value is -1.06. The van der Waals surface area contributed by atoms with Crippen molar-refractivity contribution in [1.82, 2.24) is 10.2 Å². The van der Waals surface area contributed by atoms with Crippen molar-refractivity contribution in [3.8, 4) is 0 Å². The highest BCUT2D eigenvalue weighted by Crippen LogP contribution is 2.22. The van der Waals surface area contributed by atoms with Gasteiger partial charge in [-0.1, -0.05) is 37.1 Å². The molecule has 3 nitrogen and oxygen atoms in total. The first kappa shape index (κ1) is 16.3. The monoisotopic (exact) mass is 308 g/mol. The molecule has 0 saturated carbocycles. The Labute approximate surface area is 132 Å². The first-order valence-corrected chi connectivity index (χ1v) is 8.29. The van der Waals surface area contributed by atoms with Crippen LogP contribution in [0, 0.1) is 6.92 Å². The third-order valence-corrected chi connectivity index (χ3v) is 4.56. The average molecular weight is 309 g/mol. The van der Waals surface area contributed by atoms with Crippen LogP contribution in [-0.2, 0) is 0 Å². The molecule has 1 saturated heterocycles. The molecule has 1 aromatic carbocycles. The van der Waals surface area contributed by atoms with Gasteiger partial charge in [-0.15, -0.1) is 0 Å². The Morgan fingerprint density at radius 2 is 2.24 bits per heavy atom. The van der Waals surface area contributed by atoms with Crippen LogP contribution in [0.15, 0.2) is 18.2 Å². The van der Waals surface area contributed by atoms with Crippen molar-refractivity contribution in [2.75, 3.05) is 19.6 Å². The average Bonchev–Trinajstić information content (AvgIpc) is 2.50. The third kappa shape index (κ3) is 4.21. The Bertz CT molecular complexity index is 484. The molecule has 1 atom stereocenters. The normalized spacial score (nSPS) is 18.5. The highest BCUT2D eigenvalue weighted by Gasteiger charge is 2.22. The highest BCUT2D eigenvalue weighted by atomic mass is 35.5. The predicted octanol–water partition coefficient (Wildman–Crippen LogP) is 3.64. The number of hydrogen-bond donors (Lipinski definition) is 1. The van der Waals surface area contributed by atoms with Crippen LogP contribution in [0.3, 0.4) is 0 Å². The van der Waals surface area contributed by atoms with Gasteiger partial charge in [0.05, 0.1) is 10.6 Å². The molecule has 4 heteroatoms. The maximum absolute atomic E-state index is 12.8. The van der Waals surface area contributed by atoms with E-state index in [1.54, 1.807) is 0 Å². The van der Waals surface area contributed by atoms with Gasteiger partial charge in [0.2, 0.25) is 0 Å². The van der Waals surface area contributed by atoms with Gasteiger partial charge in [0.15, 0.2) is 0 Å². The largest absolute Gasteiger partial charge is 0.337 e. The SMILES string of the molecule is CCCN(CC1CCCCN1)C(=O)c1cccc(C)c1Cl. The predicted molar refractivity (Wildman–Crippen MR) is 88.0 cm³/mol. The minimum Gasteiger partial charge on any atom is -0.337 e. The van der Waals surface area contributed by atoms with Gasteiger partial charge < -0.3 is 10.2 Å². The number of hydrogen-bond acceptors (Lipinski definition) is 2. The Balaban J connectivity index is 2.12. The molecule has 1 aliphatic heterocycles. The zero-order valence-corrected chi connectivity index (χ0v) is 13.7. The van der Waals surface area contributed by atoms with E-state index in [9.17, 15) is 4.79 Å². The van der Waals surface area contributed by atoms with E-state index in [4.69, 9.17) is 11.6 Å². The summed E-state index contributed by atoms with van der Waals surface area (Å²) >= 11 is 6.31. The van der Waals surface area contributed by atoms with E-state index in [1.165, 1.54) is 12.8 Å². The molecule has 1 aliphatic rings. The van der Waals surface area contributed by atoms with Crippen LogP contribution in [0.4, 0.5) is 0 Å². The van der Waals surface area contributed by atoms with Gasteiger partial charge in [0, 0.05) is 19.1 Å². The molecule has 0 radical (unpaired) electrons. The second-order valence-electron chi connectivity index (χ2n) is 5.83. The highest BCUT2D eigenvalue weighted by molar-refractivity contribution is 6.34. The lowest BCUT2D eigenvalue weighted by Gasteiger charge is -2.31. The molecule has 1 N–H and O–H groups in total. The number of halogens is 1. The fraction of sp³-hybridized carbons (Fsp3) is 0.588. The zero-order chi connectivity index (χ0) is 15.2. The molecule has 116 valence electrons. The molecular formula is C17H25ClN2O. The van der Waals surface area contributed by atoms with Crippen LogP contribution in [-0.4, -0.2) is 36.5 Å². The fourth-order valence-electron chi connectivity index (χ4n) is 2.87. The van der Waals surface area contributed by atoms with Crippen LogP contribution >= 0.6 is 11.6 Å². The summed E-state index contributed by atoms with van der Waals surface area (Å²) in [5, 5.41) is 4.10. The lowest BCUT2D eigenvalue weighted by Crippen LogP contribution is -2.46. The Kier molecular flexibility index (Phi) is 6.07. The van der Waals surface area contributed by atoms with Crippen molar-refractivity contribution in [1.29, 1.82) is 0 Å². The second kappa shape index (κ2) is 7.81. The smallest absolute Gasteiger partial charge is 0.255 e. The van der Waals surface area contributed by atoms with Gasteiger partial charge in [-0.3, -0.25) is 4.79 Å². The van der Waals surface area contributed by atoms with E-state index in [2.05, 4.69) is 12.2 Å². The molecule has 1 amide bonds. The van der Waals surface area contributed by atoms with E-state index in [0.29, 0.717) is 16.6 Å². The number of nitrogens with one attached hydrogen (secondary N) is 1. The van der Waals surface area contributed by atoms with Gasteiger partial charge in [-0.2, -0.15) is 0 Å². The molecule has 21 heavy (non-hydrogen) atoms. The maximum atomic E-state index is 12.8. The lowest BCUT2D eigenvalue weighted by molar-refractivity contribution is 0.0732. The van der Waals surface area contributed by atoms with Gasteiger partial charge in [-0.25, -0.2) is 0 Å². The number of carbonyl (C=O) groups is 1. The Morgan fingerprint density at radius 3 is 2.90 bits per heavy atom. The molecule has 0 aliphatic carbocycles. The Morgan fingerprint density at radius 1 is 1.43 bits per heavy atom. The molecule has 1 heterocycles. The van der Waals surface area contributed by atoms with E-state index < -0.39 is 0 Å². The standard InChI is InChI=1S/C17H25ClN2O/c1-3-11-20(12-14-8-4-5-10-19-14)17(21)15-9-6-7-13(2)16(15)18/h6-7,9,14,19H,3-5,8,10-12H2,1-2H3. The number of rotatable bonds is 5. The van der Waals surface area contributed by atoms with E-state index in [1.807, 2.05) is 30.0 Å². The van der Waals surface area contributed by atoms with Crippen LogP contribution in [0.5, 0.6) is 0 Å². The number of carbonyl (C=O) groups excluding carboxylic acids is 1. The minimum atomic E-state index is 0.0536. The lowest BCUT2D eigenvalue weighted by atomic mass is 10.0. The van der Waals surface area contributed by atoms with Crippen LogP contribution < -0.4 is 5.32 Å². The van der Waals surface area contributed by atoms with E-state index in [-0.39, 0.29) is 5.91 Å². The zero-order valence-electron chi connectivity index (χ0n) is 13.0. The minimum absolute atomic E-state index is 0.0536. The van der Waals surface area contributed by atoms with Gasteiger partial charge in [-0.05, 0) is 44.4 Å². The van der Waals surface area contributed by atoms with Gasteiger partial charge in [0.25, 0.3) is 5.91 Å². The number of piperidine rings is 1. The summed E-state index contributed by atoms with van der Waals surface area (Å²) in [6.45, 7) is 6.65. The summed E-state index contributed by atoms with van der Waals surface area (Å²) < 4.78 is 0. The van der Waals surface area contributed by atoms with Crippen LogP contribution in [0.1, 0.15) is 48.5 Å². The number of benzene rings is 1. The van der Waals surface area contributed by atoms with Crippen molar-refractivity contribution in [3.05, 3.63) is 34.3 Å². The summed E-state index contributed by atoms with van der Waals surface area (Å²) in [7, 11) is 0. The van der Waals surface area contributed by atoms with Crippen molar-refractivity contribution >= 4 is 17.5 Å². The number of aryl methyl sites for hydroxylation is 1. The first-order chi connectivity index (χ1) is 10.1. The molecule has 1 aromatic rings.